The summed E-state index contributed by atoms with van der Waals surface area (Å²) in [5.74, 6) is -0.747. The molecule has 20 heavy (non-hydrogen) atoms. The Hall–Kier alpha value is -1.79. The lowest BCUT2D eigenvalue weighted by Gasteiger charge is -2.29. The molecule has 0 saturated carbocycles. The summed E-state index contributed by atoms with van der Waals surface area (Å²) in [6, 6.07) is 4.30. The van der Waals surface area contributed by atoms with Crippen molar-refractivity contribution >= 4 is 5.91 Å². The van der Waals surface area contributed by atoms with Gasteiger partial charge in [-0.1, -0.05) is 6.07 Å². The zero-order valence-electron chi connectivity index (χ0n) is 11.7. The highest BCUT2D eigenvalue weighted by Gasteiger charge is 2.20. The highest BCUT2D eigenvalue weighted by Crippen LogP contribution is 2.27. The largest absolute Gasteiger partial charge is 0.507 e. The smallest absolute Gasteiger partial charge is 0.261 e. The van der Waals surface area contributed by atoms with Crippen molar-refractivity contribution < 1.29 is 15.0 Å². The first-order valence-corrected chi connectivity index (χ1v) is 6.79. The van der Waals surface area contributed by atoms with Crippen molar-refractivity contribution in [1.82, 2.24) is 15.1 Å². The molecule has 2 rings (SSSR count). The number of likely N-dealkylation sites (N-methyl/N-ethyl adjacent to an activating group) is 1. The molecule has 6 heteroatoms. The minimum atomic E-state index is -0.365. The van der Waals surface area contributed by atoms with Gasteiger partial charge in [0.25, 0.3) is 5.91 Å². The van der Waals surface area contributed by atoms with Crippen LogP contribution in [0.25, 0.3) is 0 Å². The maximum Gasteiger partial charge on any atom is 0.261 e. The second-order valence-corrected chi connectivity index (χ2v) is 4.99. The molecule has 1 aliphatic rings. The van der Waals surface area contributed by atoms with Gasteiger partial charge in [0.2, 0.25) is 0 Å². The molecule has 0 bridgehead atoms. The van der Waals surface area contributed by atoms with E-state index in [9.17, 15) is 15.0 Å². The Bertz CT molecular complexity index is 452. The van der Waals surface area contributed by atoms with Crippen molar-refractivity contribution in [3.05, 3.63) is 23.8 Å². The molecular weight excluding hydrogens is 258 g/mol. The van der Waals surface area contributed by atoms with Crippen molar-refractivity contribution in [2.45, 2.75) is 0 Å². The molecule has 0 unspecified atom stereocenters. The molecule has 1 fully saturated rings. The Morgan fingerprint density at radius 3 is 2.50 bits per heavy atom. The predicted octanol–water partition coefficient (Wildman–Crippen LogP) is 0.0750. The fourth-order valence-corrected chi connectivity index (χ4v) is 2.27. The maximum atomic E-state index is 12.2. The highest BCUT2D eigenvalue weighted by atomic mass is 16.3. The summed E-state index contributed by atoms with van der Waals surface area (Å²) in [6.45, 7) is 5.24. The van der Waals surface area contributed by atoms with Crippen LogP contribution >= 0.6 is 0 Å². The lowest BCUT2D eigenvalue weighted by molar-refractivity contribution is 0.0768. The van der Waals surface area contributed by atoms with Crippen molar-refractivity contribution in [3.63, 3.8) is 0 Å². The number of phenolic OH excluding ortho intramolecular Hbond substituents is 2. The van der Waals surface area contributed by atoms with E-state index in [1.54, 1.807) is 7.05 Å². The quantitative estimate of drug-likeness (QED) is 0.727. The minimum Gasteiger partial charge on any atom is -0.507 e. The van der Waals surface area contributed by atoms with Gasteiger partial charge in [-0.2, -0.15) is 0 Å². The molecular formula is C14H21N3O3. The van der Waals surface area contributed by atoms with Crippen LogP contribution in [0.1, 0.15) is 10.4 Å². The van der Waals surface area contributed by atoms with E-state index < -0.39 is 0 Å². The molecule has 0 atom stereocenters. The van der Waals surface area contributed by atoms with Crippen molar-refractivity contribution in [1.29, 1.82) is 0 Å². The molecule has 1 aromatic rings. The van der Waals surface area contributed by atoms with E-state index in [4.69, 9.17) is 0 Å². The van der Waals surface area contributed by atoms with Gasteiger partial charge in [-0.25, -0.2) is 0 Å². The first kappa shape index (κ1) is 14.6. The van der Waals surface area contributed by atoms with Gasteiger partial charge in [0.15, 0.2) is 0 Å². The monoisotopic (exact) mass is 279 g/mol. The Kier molecular flexibility index (Phi) is 4.81. The van der Waals surface area contributed by atoms with E-state index in [2.05, 4.69) is 10.2 Å². The highest BCUT2D eigenvalue weighted by molar-refractivity contribution is 5.99. The molecule has 0 aliphatic carbocycles. The Morgan fingerprint density at radius 1 is 1.30 bits per heavy atom. The van der Waals surface area contributed by atoms with Crippen LogP contribution in [0.5, 0.6) is 11.5 Å². The van der Waals surface area contributed by atoms with E-state index in [0.717, 1.165) is 32.7 Å². The van der Waals surface area contributed by atoms with Gasteiger partial charge in [0.05, 0.1) is 0 Å². The summed E-state index contributed by atoms with van der Waals surface area (Å²) in [5.41, 5.74) is -0.0321. The second kappa shape index (κ2) is 6.58. The number of hydrogen-bond donors (Lipinski definition) is 3. The molecule has 3 N–H and O–H groups in total. The Morgan fingerprint density at radius 2 is 1.90 bits per heavy atom. The SMILES string of the molecule is CN(CCN1CCNCC1)C(=O)c1c(O)cccc1O. The molecule has 0 aromatic heterocycles. The van der Waals surface area contributed by atoms with Gasteiger partial charge < -0.3 is 20.4 Å². The van der Waals surface area contributed by atoms with Crippen LogP contribution in [0.15, 0.2) is 18.2 Å². The molecule has 1 heterocycles. The summed E-state index contributed by atoms with van der Waals surface area (Å²) in [4.78, 5) is 16.0. The number of benzene rings is 1. The van der Waals surface area contributed by atoms with E-state index in [1.807, 2.05) is 0 Å². The van der Waals surface area contributed by atoms with E-state index in [0.29, 0.717) is 6.54 Å². The zero-order chi connectivity index (χ0) is 14.5. The van der Waals surface area contributed by atoms with Gasteiger partial charge in [-0.3, -0.25) is 9.69 Å². The average molecular weight is 279 g/mol. The minimum absolute atomic E-state index is 0.0321. The number of nitrogens with one attached hydrogen (secondary N) is 1. The third-order valence-corrected chi connectivity index (χ3v) is 3.54. The lowest BCUT2D eigenvalue weighted by atomic mass is 10.1. The number of amides is 1. The number of carbonyl (C=O) groups is 1. The molecule has 1 aliphatic heterocycles. The van der Waals surface area contributed by atoms with Gasteiger partial charge in [-0.05, 0) is 12.1 Å². The summed E-state index contributed by atoms with van der Waals surface area (Å²) < 4.78 is 0. The fraction of sp³-hybridized carbons (Fsp3) is 0.500. The van der Waals surface area contributed by atoms with Crippen molar-refractivity contribution in [3.8, 4) is 11.5 Å². The molecule has 6 nitrogen and oxygen atoms in total. The number of hydrogen-bond acceptors (Lipinski definition) is 5. The molecule has 1 amide bonds. The first-order chi connectivity index (χ1) is 9.59. The fourth-order valence-electron chi connectivity index (χ4n) is 2.27. The van der Waals surface area contributed by atoms with Crippen LogP contribution in [0.3, 0.4) is 0 Å². The van der Waals surface area contributed by atoms with Gasteiger partial charge in [-0.15, -0.1) is 0 Å². The standard InChI is InChI=1S/C14H21N3O3/c1-16(9-10-17-7-5-15-6-8-17)14(20)13-11(18)3-2-4-12(13)19/h2-4,15,18-19H,5-10H2,1H3. The van der Waals surface area contributed by atoms with E-state index in [-0.39, 0.29) is 23.0 Å². The van der Waals surface area contributed by atoms with Gasteiger partial charge in [0, 0.05) is 46.3 Å². The number of phenols is 2. The Labute approximate surface area is 118 Å². The number of piperazine rings is 1. The number of aromatic hydroxyl groups is 2. The summed E-state index contributed by atoms with van der Waals surface area (Å²) in [6.07, 6.45) is 0. The predicted molar refractivity (Wildman–Crippen MR) is 76.0 cm³/mol. The zero-order valence-corrected chi connectivity index (χ0v) is 11.7. The summed E-state index contributed by atoms with van der Waals surface area (Å²) >= 11 is 0. The van der Waals surface area contributed by atoms with Crippen LogP contribution < -0.4 is 5.32 Å². The number of carbonyl (C=O) groups excluding carboxylic acids is 1. The van der Waals surface area contributed by atoms with Crippen LogP contribution in [-0.4, -0.2) is 72.2 Å². The second-order valence-electron chi connectivity index (χ2n) is 4.99. The van der Waals surface area contributed by atoms with E-state index >= 15 is 0 Å². The summed E-state index contributed by atoms with van der Waals surface area (Å²) in [5, 5.41) is 22.7. The molecule has 0 spiro atoms. The topological polar surface area (TPSA) is 76.0 Å². The van der Waals surface area contributed by atoms with Crippen LogP contribution in [0.4, 0.5) is 0 Å². The average Bonchev–Trinajstić information content (AvgIpc) is 2.45. The van der Waals surface area contributed by atoms with Gasteiger partial charge in [0.1, 0.15) is 17.1 Å². The van der Waals surface area contributed by atoms with E-state index in [1.165, 1.54) is 23.1 Å². The van der Waals surface area contributed by atoms with Gasteiger partial charge >= 0.3 is 0 Å². The van der Waals surface area contributed by atoms with Crippen LogP contribution in [0.2, 0.25) is 0 Å². The number of nitrogens with zero attached hydrogens (tertiary/aromatic N) is 2. The lowest BCUT2D eigenvalue weighted by Crippen LogP contribution is -2.46. The van der Waals surface area contributed by atoms with Crippen molar-refractivity contribution in [2.75, 3.05) is 46.3 Å². The summed E-state index contributed by atoms with van der Waals surface area (Å²) in [7, 11) is 1.68. The third kappa shape index (κ3) is 3.40. The third-order valence-electron chi connectivity index (χ3n) is 3.54. The first-order valence-electron chi connectivity index (χ1n) is 6.79. The molecule has 1 saturated heterocycles. The number of rotatable bonds is 4. The normalized spacial score (nSPS) is 16.1. The van der Waals surface area contributed by atoms with Crippen LogP contribution in [-0.2, 0) is 0 Å². The van der Waals surface area contributed by atoms with Crippen molar-refractivity contribution in [2.24, 2.45) is 0 Å². The van der Waals surface area contributed by atoms with Crippen LogP contribution in [0, 0.1) is 0 Å². The molecule has 110 valence electrons. The Balaban J connectivity index is 1.94. The molecule has 1 aromatic carbocycles. The maximum absolute atomic E-state index is 12.2. The molecule has 0 radical (unpaired) electrons.